The molecule has 0 bridgehead atoms. The predicted molar refractivity (Wildman–Crippen MR) is 136 cm³/mol. The fraction of sp³-hybridized carbons (Fsp3) is 0.357. The van der Waals surface area contributed by atoms with Gasteiger partial charge in [-0.25, -0.2) is 14.6 Å². The van der Waals surface area contributed by atoms with Crippen LogP contribution in [-0.4, -0.2) is 67.7 Å². The van der Waals surface area contributed by atoms with Crippen LogP contribution in [0.5, 0.6) is 0 Å². The molecular formula is C28H30N6O2. The number of nitrogens with zero attached hydrogens (tertiary/aromatic N) is 6. The van der Waals surface area contributed by atoms with Crippen LogP contribution in [0, 0.1) is 13.8 Å². The standard InChI is InChI=1S/C28H30N6O2/c1-19-7-10-26(36-19)25-11-12-29-28(31-25)34-20(2)24(18-30-34)27(35)33-15-13-32(14-16-33)23-9-8-21-5-3-4-6-22(21)17-23/h3-7,10-12,18,23H,8-9,13-17H2,1-2H3. The molecule has 0 N–H and O–H groups in total. The van der Waals surface area contributed by atoms with Gasteiger partial charge in [0, 0.05) is 38.4 Å². The Balaban J connectivity index is 1.13. The number of hydrogen-bond acceptors (Lipinski definition) is 6. The lowest BCUT2D eigenvalue weighted by Crippen LogP contribution is -2.53. The molecule has 1 aliphatic heterocycles. The number of rotatable bonds is 4. The average Bonchev–Trinajstić information content (AvgIpc) is 3.53. The van der Waals surface area contributed by atoms with Gasteiger partial charge in [-0.05, 0) is 62.4 Å². The molecule has 1 amide bonds. The summed E-state index contributed by atoms with van der Waals surface area (Å²) in [5, 5.41) is 4.45. The van der Waals surface area contributed by atoms with E-state index >= 15 is 0 Å². The normalized spacial score (nSPS) is 18.3. The van der Waals surface area contributed by atoms with E-state index in [9.17, 15) is 4.79 Å². The van der Waals surface area contributed by atoms with Crippen LogP contribution in [0.1, 0.15) is 39.4 Å². The van der Waals surface area contributed by atoms with Crippen LogP contribution in [0.25, 0.3) is 17.4 Å². The van der Waals surface area contributed by atoms with Crippen LogP contribution in [-0.2, 0) is 12.8 Å². The Morgan fingerprint density at radius 1 is 1.00 bits per heavy atom. The topological polar surface area (TPSA) is 80.3 Å². The summed E-state index contributed by atoms with van der Waals surface area (Å²) in [5.41, 5.74) is 4.97. The molecule has 8 nitrogen and oxygen atoms in total. The first kappa shape index (κ1) is 22.7. The third-order valence-electron chi connectivity index (χ3n) is 7.50. The second-order valence-electron chi connectivity index (χ2n) is 9.70. The zero-order valence-electron chi connectivity index (χ0n) is 20.7. The number of amides is 1. The van der Waals surface area contributed by atoms with Crippen molar-refractivity contribution >= 4 is 5.91 Å². The Morgan fingerprint density at radius 3 is 2.58 bits per heavy atom. The van der Waals surface area contributed by atoms with Gasteiger partial charge in [0.15, 0.2) is 5.76 Å². The molecule has 1 aliphatic carbocycles. The first-order valence-electron chi connectivity index (χ1n) is 12.6. The molecule has 1 fully saturated rings. The van der Waals surface area contributed by atoms with Crippen molar-refractivity contribution in [2.24, 2.45) is 0 Å². The number of piperazine rings is 1. The molecule has 36 heavy (non-hydrogen) atoms. The molecule has 1 saturated heterocycles. The maximum Gasteiger partial charge on any atom is 0.257 e. The lowest BCUT2D eigenvalue weighted by atomic mass is 9.87. The molecule has 0 spiro atoms. The quantitative estimate of drug-likeness (QED) is 0.440. The minimum absolute atomic E-state index is 0.0187. The van der Waals surface area contributed by atoms with E-state index in [1.54, 1.807) is 23.1 Å². The van der Waals surface area contributed by atoms with Crippen LogP contribution in [0.15, 0.2) is 59.3 Å². The fourth-order valence-electron chi connectivity index (χ4n) is 5.43. The zero-order valence-corrected chi connectivity index (χ0v) is 20.7. The molecule has 4 heterocycles. The number of fused-ring (bicyclic) bond motifs is 1. The largest absolute Gasteiger partial charge is 0.460 e. The van der Waals surface area contributed by atoms with E-state index in [1.165, 1.54) is 17.5 Å². The Bertz CT molecular complexity index is 1400. The molecular weight excluding hydrogens is 452 g/mol. The van der Waals surface area contributed by atoms with Gasteiger partial charge in [0.1, 0.15) is 11.5 Å². The highest BCUT2D eigenvalue weighted by molar-refractivity contribution is 5.95. The van der Waals surface area contributed by atoms with Gasteiger partial charge in [0.05, 0.1) is 17.5 Å². The average molecular weight is 483 g/mol. The summed E-state index contributed by atoms with van der Waals surface area (Å²) in [6.45, 7) is 7.05. The van der Waals surface area contributed by atoms with Crippen molar-refractivity contribution < 1.29 is 9.21 Å². The monoisotopic (exact) mass is 482 g/mol. The highest BCUT2D eigenvalue weighted by Gasteiger charge is 2.30. The molecule has 0 saturated carbocycles. The number of benzene rings is 1. The summed E-state index contributed by atoms with van der Waals surface area (Å²) in [6, 6.07) is 14.9. The van der Waals surface area contributed by atoms with Gasteiger partial charge in [-0.2, -0.15) is 5.10 Å². The number of furan rings is 1. The van der Waals surface area contributed by atoms with E-state index in [1.807, 2.05) is 30.9 Å². The van der Waals surface area contributed by atoms with Crippen molar-refractivity contribution in [1.29, 1.82) is 0 Å². The number of aryl methyl sites for hydroxylation is 2. The first-order chi connectivity index (χ1) is 17.6. The van der Waals surface area contributed by atoms with Gasteiger partial charge in [-0.3, -0.25) is 9.69 Å². The van der Waals surface area contributed by atoms with Gasteiger partial charge >= 0.3 is 0 Å². The van der Waals surface area contributed by atoms with Crippen LogP contribution in [0.3, 0.4) is 0 Å². The van der Waals surface area contributed by atoms with Gasteiger partial charge < -0.3 is 9.32 Å². The molecule has 2 aliphatic rings. The minimum Gasteiger partial charge on any atom is -0.460 e. The van der Waals surface area contributed by atoms with E-state index in [-0.39, 0.29) is 5.91 Å². The van der Waals surface area contributed by atoms with Crippen LogP contribution < -0.4 is 0 Å². The van der Waals surface area contributed by atoms with Crippen LogP contribution in [0.4, 0.5) is 0 Å². The lowest BCUT2D eigenvalue weighted by molar-refractivity contribution is 0.0552. The van der Waals surface area contributed by atoms with Gasteiger partial charge in [0.2, 0.25) is 0 Å². The summed E-state index contributed by atoms with van der Waals surface area (Å²) in [5.74, 6) is 1.93. The Kier molecular flexibility index (Phi) is 5.89. The first-order valence-corrected chi connectivity index (χ1v) is 12.6. The third kappa shape index (κ3) is 4.22. The maximum absolute atomic E-state index is 13.4. The van der Waals surface area contributed by atoms with E-state index < -0.39 is 0 Å². The van der Waals surface area contributed by atoms with Crippen molar-refractivity contribution in [1.82, 2.24) is 29.5 Å². The molecule has 1 aromatic carbocycles. The van der Waals surface area contributed by atoms with Gasteiger partial charge in [-0.1, -0.05) is 24.3 Å². The van der Waals surface area contributed by atoms with E-state index in [0.717, 1.165) is 50.5 Å². The van der Waals surface area contributed by atoms with Crippen molar-refractivity contribution in [2.75, 3.05) is 26.2 Å². The molecule has 3 aromatic heterocycles. The molecule has 1 atom stereocenters. The molecule has 8 heteroatoms. The molecule has 0 radical (unpaired) electrons. The number of hydrogen-bond donors (Lipinski definition) is 0. The smallest absolute Gasteiger partial charge is 0.257 e. The van der Waals surface area contributed by atoms with E-state index in [2.05, 4.69) is 44.2 Å². The van der Waals surface area contributed by atoms with Crippen molar-refractivity contribution in [3.05, 3.63) is 83.0 Å². The predicted octanol–water partition coefficient (Wildman–Crippen LogP) is 3.85. The summed E-state index contributed by atoms with van der Waals surface area (Å²) in [4.78, 5) is 26.9. The minimum atomic E-state index is 0.0187. The number of aromatic nitrogens is 4. The maximum atomic E-state index is 13.4. The van der Waals surface area contributed by atoms with Gasteiger partial charge in [0.25, 0.3) is 11.9 Å². The highest BCUT2D eigenvalue weighted by Crippen LogP contribution is 2.26. The molecule has 1 unspecified atom stereocenters. The van der Waals surface area contributed by atoms with Crippen molar-refractivity contribution in [3.63, 3.8) is 0 Å². The second kappa shape index (κ2) is 9.35. The summed E-state index contributed by atoms with van der Waals surface area (Å²) < 4.78 is 7.33. The zero-order chi connectivity index (χ0) is 24.6. The summed E-state index contributed by atoms with van der Waals surface area (Å²) in [6.07, 6.45) is 6.75. The molecule has 184 valence electrons. The van der Waals surface area contributed by atoms with E-state index in [0.29, 0.717) is 29.0 Å². The Morgan fingerprint density at radius 2 is 1.81 bits per heavy atom. The summed E-state index contributed by atoms with van der Waals surface area (Å²) in [7, 11) is 0. The fourth-order valence-corrected chi connectivity index (χ4v) is 5.43. The SMILES string of the molecule is Cc1ccc(-c2ccnc(-n3ncc(C(=O)N4CCN(C5CCc6ccccc6C5)CC4)c3C)n2)o1. The van der Waals surface area contributed by atoms with Crippen LogP contribution >= 0.6 is 0 Å². The van der Waals surface area contributed by atoms with Crippen LogP contribution in [0.2, 0.25) is 0 Å². The molecule has 6 rings (SSSR count). The van der Waals surface area contributed by atoms with Crippen molar-refractivity contribution in [2.45, 2.75) is 39.2 Å². The number of carbonyl (C=O) groups excluding carboxylic acids is 1. The summed E-state index contributed by atoms with van der Waals surface area (Å²) >= 11 is 0. The van der Waals surface area contributed by atoms with Crippen molar-refractivity contribution in [3.8, 4) is 17.4 Å². The highest BCUT2D eigenvalue weighted by atomic mass is 16.3. The second-order valence-corrected chi connectivity index (χ2v) is 9.70. The molecule has 4 aromatic rings. The van der Waals surface area contributed by atoms with Gasteiger partial charge in [-0.15, -0.1) is 0 Å². The lowest BCUT2D eigenvalue weighted by Gasteiger charge is -2.41. The van der Waals surface area contributed by atoms with E-state index in [4.69, 9.17) is 4.42 Å². The Hall–Kier alpha value is -3.78. The number of carbonyl (C=O) groups is 1. The third-order valence-corrected chi connectivity index (χ3v) is 7.50. The Labute approximate surface area is 210 Å².